The molecule has 0 atom stereocenters. The molecule has 1 aliphatic heterocycles. The maximum absolute atomic E-state index is 4.19. The van der Waals surface area contributed by atoms with Gasteiger partial charge in [0.1, 0.15) is 0 Å². The zero-order valence-corrected chi connectivity index (χ0v) is 5.95. The van der Waals surface area contributed by atoms with Crippen molar-refractivity contribution in [1.29, 1.82) is 0 Å². The summed E-state index contributed by atoms with van der Waals surface area (Å²) >= 11 is 3.03. The van der Waals surface area contributed by atoms with E-state index < -0.39 is 0 Å². The van der Waals surface area contributed by atoms with Crippen LogP contribution in [0.2, 0.25) is 0 Å². The fraction of sp³-hybridized carbons (Fsp3) is 1.00. The first-order chi connectivity index (χ1) is 4.00. The summed E-state index contributed by atoms with van der Waals surface area (Å²) < 4.78 is 0. The lowest BCUT2D eigenvalue weighted by atomic mass is 10.2. The summed E-state index contributed by atoms with van der Waals surface area (Å²) in [7, 11) is 0. The van der Waals surface area contributed by atoms with Gasteiger partial charge in [0.25, 0.3) is 0 Å². The highest BCUT2D eigenvalue weighted by molar-refractivity contribution is 7.77. The Morgan fingerprint density at radius 1 is 1.00 bits per heavy atom. The normalized spacial score (nSPS) is 18.8. The molecule has 3 heteroatoms. The topological polar surface area (TPSA) is 38.0 Å². The van der Waals surface area contributed by atoms with Crippen molar-refractivity contribution in [2.24, 2.45) is 5.14 Å². The molecule has 3 N–H and O–H groups in total. The van der Waals surface area contributed by atoms with Crippen molar-refractivity contribution in [3.63, 3.8) is 0 Å². The minimum absolute atomic E-state index is 1.25. The molecule has 0 saturated carbocycles. The maximum Gasteiger partial charge on any atom is -0.00489 e. The number of hydrogen-bond donors (Lipinski definition) is 3. The smallest absolute Gasteiger partial charge is 0.00489 e. The van der Waals surface area contributed by atoms with Crippen LogP contribution >= 0.6 is 12.8 Å². The highest BCUT2D eigenvalue weighted by Crippen LogP contribution is 1.96. The molecule has 0 aliphatic carbocycles. The summed E-state index contributed by atoms with van der Waals surface area (Å²) in [4.78, 5) is 0. The fourth-order valence-corrected chi connectivity index (χ4v) is 0.802. The second-order valence-corrected chi connectivity index (χ2v) is 1.81. The van der Waals surface area contributed by atoms with Crippen LogP contribution in [0.3, 0.4) is 0 Å². The van der Waals surface area contributed by atoms with Crippen LogP contribution in [0.15, 0.2) is 0 Å². The van der Waals surface area contributed by atoms with Crippen LogP contribution in [0.1, 0.15) is 19.3 Å². The fourth-order valence-electron chi connectivity index (χ4n) is 0.802. The number of nitrogens with two attached hydrogens (primary N) is 1. The molecular weight excluding hydrogens is 120 g/mol. The predicted molar refractivity (Wildman–Crippen MR) is 39.9 cm³/mol. The summed E-state index contributed by atoms with van der Waals surface area (Å²) in [5.41, 5.74) is 0. The molecular formula is C5H14N2S. The van der Waals surface area contributed by atoms with Crippen LogP contribution in [0.25, 0.3) is 0 Å². The molecule has 0 radical (unpaired) electrons. The SMILES string of the molecule is C1CCNCC1.NS. The highest BCUT2D eigenvalue weighted by Gasteiger charge is 1.93. The van der Waals surface area contributed by atoms with Crippen molar-refractivity contribution >= 4 is 12.8 Å². The summed E-state index contributed by atoms with van der Waals surface area (Å²) in [6.45, 7) is 2.50. The Morgan fingerprint density at radius 3 is 1.62 bits per heavy atom. The van der Waals surface area contributed by atoms with E-state index >= 15 is 0 Å². The number of thiol groups is 1. The Bertz CT molecular complexity index is 25.9. The van der Waals surface area contributed by atoms with Gasteiger partial charge in [0, 0.05) is 0 Å². The first-order valence-corrected chi connectivity index (χ1v) is 3.48. The molecule has 1 heterocycles. The van der Waals surface area contributed by atoms with Gasteiger partial charge in [-0.2, -0.15) is 0 Å². The molecule has 2 nitrogen and oxygen atoms in total. The van der Waals surface area contributed by atoms with Gasteiger partial charge < -0.3 is 5.32 Å². The summed E-state index contributed by atoms with van der Waals surface area (Å²) in [5, 5.41) is 7.48. The third kappa shape index (κ3) is 4.43. The van der Waals surface area contributed by atoms with Gasteiger partial charge in [-0.25, -0.2) is 0 Å². The quantitative estimate of drug-likeness (QED) is 0.423. The third-order valence-corrected chi connectivity index (χ3v) is 1.21. The van der Waals surface area contributed by atoms with Gasteiger partial charge in [-0.1, -0.05) is 6.42 Å². The molecule has 8 heavy (non-hydrogen) atoms. The molecule has 1 aliphatic rings. The molecule has 0 aromatic heterocycles. The molecule has 0 unspecified atom stereocenters. The Hall–Kier alpha value is 0.270. The van der Waals surface area contributed by atoms with Crippen molar-refractivity contribution in [1.82, 2.24) is 5.32 Å². The molecule has 1 saturated heterocycles. The van der Waals surface area contributed by atoms with Crippen LogP contribution in [0.4, 0.5) is 0 Å². The molecule has 0 aromatic rings. The average molecular weight is 134 g/mol. The van der Waals surface area contributed by atoms with Gasteiger partial charge in [0.2, 0.25) is 0 Å². The van der Waals surface area contributed by atoms with Crippen LogP contribution in [-0.2, 0) is 0 Å². The zero-order chi connectivity index (χ0) is 6.24. The second-order valence-electron chi connectivity index (χ2n) is 1.81. The monoisotopic (exact) mass is 134 g/mol. The van der Waals surface area contributed by atoms with Crippen LogP contribution in [0.5, 0.6) is 0 Å². The molecule has 50 valence electrons. The third-order valence-electron chi connectivity index (χ3n) is 1.21. The first kappa shape index (κ1) is 8.27. The first-order valence-electron chi connectivity index (χ1n) is 2.97. The lowest BCUT2D eigenvalue weighted by molar-refractivity contribution is 0.520. The molecule has 0 spiro atoms. The highest BCUT2D eigenvalue weighted by atomic mass is 32.1. The number of piperidine rings is 1. The number of nitrogens with one attached hydrogen (secondary N) is 1. The minimum atomic E-state index is 1.25. The van der Waals surface area contributed by atoms with E-state index in [1.54, 1.807) is 0 Å². The minimum Gasteiger partial charge on any atom is -0.317 e. The lowest BCUT2D eigenvalue weighted by Gasteiger charge is -2.08. The Balaban J connectivity index is 0.000000222. The van der Waals surface area contributed by atoms with E-state index in [0.29, 0.717) is 0 Å². The van der Waals surface area contributed by atoms with Gasteiger partial charge in [-0.05, 0) is 25.9 Å². The Morgan fingerprint density at radius 2 is 1.50 bits per heavy atom. The van der Waals surface area contributed by atoms with Crippen LogP contribution in [-0.4, -0.2) is 13.1 Å². The maximum atomic E-state index is 4.19. The summed E-state index contributed by atoms with van der Waals surface area (Å²) in [6.07, 6.45) is 4.22. The van der Waals surface area contributed by atoms with Gasteiger partial charge >= 0.3 is 0 Å². The largest absolute Gasteiger partial charge is 0.317 e. The molecule has 0 amide bonds. The zero-order valence-electron chi connectivity index (χ0n) is 5.06. The van der Waals surface area contributed by atoms with Crippen molar-refractivity contribution in [2.75, 3.05) is 13.1 Å². The van der Waals surface area contributed by atoms with Gasteiger partial charge in [-0.3, -0.25) is 5.14 Å². The van der Waals surface area contributed by atoms with Crippen LogP contribution in [0, 0.1) is 0 Å². The Kier molecular flexibility index (Phi) is 7.52. The van der Waals surface area contributed by atoms with Crippen molar-refractivity contribution in [2.45, 2.75) is 19.3 Å². The van der Waals surface area contributed by atoms with E-state index in [1.165, 1.54) is 32.4 Å². The Labute approximate surface area is 56.4 Å². The number of hydrogen-bond acceptors (Lipinski definition) is 3. The summed E-state index contributed by atoms with van der Waals surface area (Å²) in [6, 6.07) is 0. The molecule has 0 bridgehead atoms. The van der Waals surface area contributed by atoms with Crippen molar-refractivity contribution < 1.29 is 0 Å². The average Bonchev–Trinajstić information content (AvgIpc) is 1.96. The second kappa shape index (κ2) is 7.27. The van der Waals surface area contributed by atoms with Crippen molar-refractivity contribution in [3.05, 3.63) is 0 Å². The predicted octanol–water partition coefficient (Wildman–Crippen LogP) is 0.550. The van der Waals surface area contributed by atoms with E-state index in [9.17, 15) is 0 Å². The van der Waals surface area contributed by atoms with E-state index in [4.69, 9.17) is 0 Å². The van der Waals surface area contributed by atoms with Gasteiger partial charge in [0.15, 0.2) is 0 Å². The van der Waals surface area contributed by atoms with E-state index in [-0.39, 0.29) is 0 Å². The molecule has 1 fully saturated rings. The van der Waals surface area contributed by atoms with E-state index in [1.807, 2.05) is 0 Å². The molecule has 0 aromatic carbocycles. The molecule has 1 rings (SSSR count). The van der Waals surface area contributed by atoms with E-state index in [2.05, 4.69) is 23.3 Å². The lowest BCUT2D eigenvalue weighted by Crippen LogP contribution is -2.21. The standard InChI is InChI=1S/C5H11N.H3NS/c1-2-4-6-5-3-1;1-2/h6H,1-5H2;2H,1H2. The van der Waals surface area contributed by atoms with Crippen LogP contribution < -0.4 is 10.5 Å². The van der Waals surface area contributed by atoms with E-state index in [0.717, 1.165) is 0 Å². The van der Waals surface area contributed by atoms with Gasteiger partial charge in [-0.15, -0.1) is 12.8 Å². The van der Waals surface area contributed by atoms with Gasteiger partial charge in [0.05, 0.1) is 0 Å². The summed E-state index contributed by atoms with van der Waals surface area (Å²) in [5.74, 6) is 0. The van der Waals surface area contributed by atoms with Crippen molar-refractivity contribution in [3.8, 4) is 0 Å². The number of rotatable bonds is 0.